The third-order valence-corrected chi connectivity index (χ3v) is 3.55. The van der Waals surface area contributed by atoms with Gasteiger partial charge >= 0.3 is 0 Å². The lowest BCUT2D eigenvalue weighted by Crippen LogP contribution is -2.32. The van der Waals surface area contributed by atoms with Gasteiger partial charge in [0, 0.05) is 5.50 Å². The molecule has 3 nitrogen and oxygen atoms in total. The van der Waals surface area contributed by atoms with E-state index < -0.39 is 0 Å². The van der Waals surface area contributed by atoms with E-state index in [4.69, 9.17) is 12.5 Å². The van der Waals surface area contributed by atoms with Crippen LogP contribution in [0, 0.1) is 0 Å². The van der Waals surface area contributed by atoms with Crippen LogP contribution < -0.4 is 0 Å². The summed E-state index contributed by atoms with van der Waals surface area (Å²) in [6.07, 6.45) is 0.654. The molecule has 2 rings (SSSR count). The average molecular weight is 310 g/mol. The maximum Gasteiger partial charge on any atom is 0.170 e. The van der Waals surface area contributed by atoms with Crippen molar-refractivity contribution in [3.05, 3.63) is 0 Å². The van der Waals surface area contributed by atoms with Crippen LogP contribution in [0.2, 0.25) is 5.82 Å². The molecule has 2 fully saturated rings. The summed E-state index contributed by atoms with van der Waals surface area (Å²) < 4.78 is 16.9. The molecule has 2 aliphatic heterocycles. The second-order valence-corrected chi connectivity index (χ2v) is 5.49. The van der Waals surface area contributed by atoms with E-state index in [0.29, 0.717) is 18.5 Å². The normalized spacial score (nSPS) is 44.9. The molecule has 0 unspecified atom stereocenters. The van der Waals surface area contributed by atoms with Gasteiger partial charge in [-0.05, 0) is 26.6 Å². The fraction of sp³-hybridized carbons (Fsp3) is 1.00. The molecule has 4 atom stereocenters. The lowest BCUT2D eigenvalue weighted by Gasteiger charge is -2.23. The standard InChI is InChI=1S/C9H16BIO3/c1-5-7-8(6(13-5)4-12-11)14-9(2,3)10-7/h5-8,10H,4H2,1-3H3/t5-,6+,7-,8+/m0/s1. The molecular formula is C9H16BIO3. The number of hydrogen-bond donors (Lipinski definition) is 0. The van der Waals surface area contributed by atoms with Gasteiger partial charge in [0.05, 0.1) is 18.8 Å². The first kappa shape index (κ1) is 11.2. The zero-order valence-electron chi connectivity index (χ0n) is 8.83. The van der Waals surface area contributed by atoms with Crippen LogP contribution in [0.1, 0.15) is 20.8 Å². The van der Waals surface area contributed by atoms with Gasteiger partial charge in [-0.25, -0.2) is 0 Å². The van der Waals surface area contributed by atoms with E-state index in [2.05, 4.69) is 20.8 Å². The summed E-state index contributed by atoms with van der Waals surface area (Å²) in [7, 11) is 1.09. The van der Waals surface area contributed by atoms with Gasteiger partial charge in [0.15, 0.2) is 7.28 Å². The lowest BCUT2D eigenvalue weighted by atomic mass is 9.53. The minimum Gasteiger partial charge on any atom is -0.379 e. The molecular weight excluding hydrogens is 294 g/mol. The first-order valence-electron chi connectivity index (χ1n) is 5.10. The van der Waals surface area contributed by atoms with Crippen LogP contribution in [0.3, 0.4) is 0 Å². The summed E-state index contributed by atoms with van der Waals surface area (Å²) in [5, 5.41) is 0. The van der Waals surface area contributed by atoms with Gasteiger partial charge in [-0.1, -0.05) is 0 Å². The smallest absolute Gasteiger partial charge is 0.170 e. The molecule has 0 amide bonds. The molecule has 0 aliphatic carbocycles. The molecule has 0 aromatic rings. The van der Waals surface area contributed by atoms with Crippen molar-refractivity contribution in [1.82, 2.24) is 0 Å². The molecule has 2 saturated heterocycles. The van der Waals surface area contributed by atoms with Crippen molar-refractivity contribution in [2.24, 2.45) is 0 Å². The van der Waals surface area contributed by atoms with Crippen molar-refractivity contribution in [3.63, 3.8) is 0 Å². The van der Waals surface area contributed by atoms with Crippen molar-refractivity contribution in [2.45, 2.75) is 50.4 Å². The van der Waals surface area contributed by atoms with Crippen LogP contribution in [0.25, 0.3) is 0 Å². The molecule has 0 radical (unpaired) electrons. The number of rotatable bonds is 2. The number of halogens is 1. The monoisotopic (exact) mass is 310 g/mol. The maximum absolute atomic E-state index is 6.00. The Balaban J connectivity index is 2.07. The summed E-state index contributed by atoms with van der Waals surface area (Å²) in [5.41, 5.74) is 0.0108. The molecule has 0 N–H and O–H groups in total. The van der Waals surface area contributed by atoms with E-state index >= 15 is 0 Å². The van der Waals surface area contributed by atoms with Gasteiger partial charge in [0.1, 0.15) is 29.1 Å². The highest BCUT2D eigenvalue weighted by Gasteiger charge is 2.52. The largest absolute Gasteiger partial charge is 0.379 e. The molecule has 80 valence electrons. The zero-order valence-corrected chi connectivity index (χ0v) is 11.0. The highest BCUT2D eigenvalue weighted by atomic mass is 127. The Bertz CT molecular complexity index is 224. The van der Waals surface area contributed by atoms with Gasteiger partial charge in [0.25, 0.3) is 0 Å². The van der Waals surface area contributed by atoms with E-state index in [1.807, 2.05) is 23.0 Å². The van der Waals surface area contributed by atoms with Crippen molar-refractivity contribution in [3.8, 4) is 0 Å². The van der Waals surface area contributed by atoms with Crippen molar-refractivity contribution in [2.75, 3.05) is 6.61 Å². The van der Waals surface area contributed by atoms with E-state index in [9.17, 15) is 0 Å². The Morgan fingerprint density at radius 2 is 2.21 bits per heavy atom. The predicted molar refractivity (Wildman–Crippen MR) is 64.2 cm³/mol. The Labute approximate surface area is 99.8 Å². The molecule has 14 heavy (non-hydrogen) atoms. The quantitative estimate of drug-likeness (QED) is 0.571. The SMILES string of the molecule is C[C@@H]1O[C@H](COI)[C@H]2OC(C)(C)B[C@H]21. The molecule has 5 heteroatoms. The second kappa shape index (κ2) is 3.92. The number of ether oxygens (including phenoxy) is 2. The third-order valence-electron chi connectivity index (χ3n) is 3.19. The summed E-state index contributed by atoms with van der Waals surface area (Å²) in [5.74, 6) is 0.543. The van der Waals surface area contributed by atoms with E-state index in [-0.39, 0.29) is 17.7 Å². The van der Waals surface area contributed by atoms with Crippen molar-refractivity contribution >= 4 is 30.3 Å². The van der Waals surface area contributed by atoms with Crippen molar-refractivity contribution in [1.29, 1.82) is 0 Å². The van der Waals surface area contributed by atoms with Gasteiger partial charge in [-0.15, -0.1) is 0 Å². The summed E-state index contributed by atoms with van der Waals surface area (Å²) >= 11 is 1.91. The van der Waals surface area contributed by atoms with Crippen LogP contribution in [-0.4, -0.2) is 37.7 Å². The lowest BCUT2D eigenvalue weighted by molar-refractivity contribution is -0.0622. The molecule has 0 spiro atoms. The second-order valence-electron chi connectivity index (χ2n) is 4.87. The molecule has 2 heterocycles. The summed E-state index contributed by atoms with van der Waals surface area (Å²) in [6, 6.07) is 0. The molecule has 2 aliphatic rings. The summed E-state index contributed by atoms with van der Waals surface area (Å²) in [6.45, 7) is 7.07. The van der Waals surface area contributed by atoms with E-state index in [0.717, 1.165) is 7.28 Å². The minimum atomic E-state index is 0.0108. The van der Waals surface area contributed by atoms with Crippen LogP contribution in [0.15, 0.2) is 0 Å². The number of hydrogen-bond acceptors (Lipinski definition) is 3. The van der Waals surface area contributed by atoms with Crippen LogP contribution in [0.4, 0.5) is 0 Å². The van der Waals surface area contributed by atoms with Crippen LogP contribution >= 0.6 is 23.0 Å². The third kappa shape index (κ3) is 1.96. The topological polar surface area (TPSA) is 27.7 Å². The Morgan fingerprint density at radius 1 is 1.50 bits per heavy atom. The number of fused-ring (bicyclic) bond motifs is 1. The Morgan fingerprint density at radius 3 is 2.86 bits per heavy atom. The van der Waals surface area contributed by atoms with Crippen LogP contribution in [-0.2, 0) is 12.5 Å². The average Bonchev–Trinajstić information content (AvgIpc) is 2.51. The van der Waals surface area contributed by atoms with Gasteiger partial charge in [0.2, 0.25) is 0 Å². The first-order chi connectivity index (χ1) is 6.53. The molecule has 0 aromatic carbocycles. The predicted octanol–water partition coefficient (Wildman–Crippen LogP) is 1.50. The first-order valence-corrected chi connectivity index (χ1v) is 5.98. The highest BCUT2D eigenvalue weighted by molar-refractivity contribution is 14.1. The van der Waals surface area contributed by atoms with Gasteiger partial charge < -0.3 is 12.5 Å². The molecule has 0 aromatic heterocycles. The van der Waals surface area contributed by atoms with Gasteiger partial charge in [-0.2, -0.15) is 0 Å². The maximum atomic E-state index is 6.00. The van der Waals surface area contributed by atoms with E-state index in [1.165, 1.54) is 0 Å². The molecule has 0 saturated carbocycles. The van der Waals surface area contributed by atoms with Gasteiger partial charge in [-0.3, -0.25) is 0 Å². The van der Waals surface area contributed by atoms with E-state index in [1.54, 1.807) is 0 Å². The fourth-order valence-corrected chi connectivity index (χ4v) is 2.98. The highest BCUT2D eigenvalue weighted by Crippen LogP contribution is 2.43. The zero-order chi connectivity index (χ0) is 10.3. The van der Waals surface area contributed by atoms with Crippen molar-refractivity contribution < 1.29 is 12.5 Å². The Hall–Kier alpha value is 0.675. The molecule has 0 bridgehead atoms. The van der Waals surface area contributed by atoms with Crippen LogP contribution in [0.5, 0.6) is 0 Å². The summed E-state index contributed by atoms with van der Waals surface area (Å²) in [4.78, 5) is 0. The fourth-order valence-electron chi connectivity index (χ4n) is 2.62. The Kier molecular flexibility index (Phi) is 3.13. The minimum absolute atomic E-state index is 0.0108.